The molecule has 1 aromatic heterocycles. The fraction of sp³-hybridized carbons (Fsp3) is 0.118. The highest BCUT2D eigenvalue weighted by Crippen LogP contribution is 2.25. The van der Waals surface area contributed by atoms with E-state index in [0.29, 0.717) is 0 Å². The van der Waals surface area contributed by atoms with E-state index in [2.05, 4.69) is 0 Å². The number of fused-ring (bicyclic) bond motifs is 1. The average Bonchev–Trinajstić information content (AvgIpc) is 2.46. The molecule has 0 amide bonds. The van der Waals surface area contributed by atoms with Gasteiger partial charge in [-0.2, -0.15) is 8.42 Å². The summed E-state index contributed by atoms with van der Waals surface area (Å²) in [5.41, 5.74) is 1.36. The van der Waals surface area contributed by atoms with Crippen LogP contribution in [0.2, 0.25) is 0 Å². The quantitative estimate of drug-likeness (QED) is 0.545. The summed E-state index contributed by atoms with van der Waals surface area (Å²) >= 11 is 0. The molecule has 0 saturated heterocycles. The third-order valence-corrected chi connectivity index (χ3v) is 4.65. The minimum absolute atomic E-state index is 0.0725. The molecule has 0 aliphatic rings. The molecule has 0 fully saturated rings. The largest absolute Gasteiger partial charge is 0.423 e. The summed E-state index contributed by atoms with van der Waals surface area (Å²) in [6.07, 6.45) is 0. The van der Waals surface area contributed by atoms with Gasteiger partial charge < -0.3 is 8.60 Å². The number of hydrogen-bond acceptors (Lipinski definition) is 5. The van der Waals surface area contributed by atoms with Crippen molar-refractivity contribution in [2.45, 2.75) is 18.7 Å². The lowest BCUT2D eigenvalue weighted by molar-refractivity contribution is 0.485. The van der Waals surface area contributed by atoms with E-state index < -0.39 is 15.7 Å². The Hall–Kier alpha value is -2.60. The first kappa shape index (κ1) is 15.3. The Labute approximate surface area is 133 Å². The molecule has 3 rings (SSSR count). The maximum Gasteiger partial charge on any atom is 0.339 e. The van der Waals surface area contributed by atoms with Crippen LogP contribution in [0.4, 0.5) is 0 Å². The van der Waals surface area contributed by atoms with Crippen LogP contribution in [0.5, 0.6) is 5.75 Å². The second kappa shape index (κ2) is 5.55. The van der Waals surface area contributed by atoms with Gasteiger partial charge in [0.2, 0.25) is 0 Å². The summed E-state index contributed by atoms with van der Waals surface area (Å²) in [7, 11) is -3.94. The summed E-state index contributed by atoms with van der Waals surface area (Å²) in [4.78, 5) is 11.5. The zero-order chi connectivity index (χ0) is 16.6. The van der Waals surface area contributed by atoms with Crippen LogP contribution >= 0.6 is 0 Å². The Morgan fingerprint density at radius 3 is 2.52 bits per heavy atom. The standard InChI is InChI=1S/C17H14O5S/c1-11-4-3-5-14(8-11)23(19,20)22-13-6-7-15-12(2)9-17(18)21-16(15)10-13/h3-10H,1-2H3. The Morgan fingerprint density at radius 2 is 1.78 bits per heavy atom. The lowest BCUT2D eigenvalue weighted by atomic mass is 10.1. The van der Waals surface area contributed by atoms with Gasteiger partial charge in [0.1, 0.15) is 16.2 Å². The lowest BCUT2D eigenvalue weighted by Crippen LogP contribution is -2.10. The third kappa shape index (κ3) is 3.12. The molecule has 0 N–H and O–H groups in total. The minimum Gasteiger partial charge on any atom is -0.423 e. The van der Waals surface area contributed by atoms with Crippen molar-refractivity contribution in [3.63, 3.8) is 0 Å². The van der Waals surface area contributed by atoms with Crippen LogP contribution in [0, 0.1) is 13.8 Å². The first-order chi connectivity index (χ1) is 10.8. The Kier molecular flexibility index (Phi) is 3.69. The summed E-state index contributed by atoms with van der Waals surface area (Å²) in [5.74, 6) is 0.0905. The fourth-order valence-corrected chi connectivity index (χ4v) is 3.33. The maximum absolute atomic E-state index is 12.3. The van der Waals surface area contributed by atoms with Crippen molar-refractivity contribution < 1.29 is 17.0 Å². The Balaban J connectivity index is 2.03. The van der Waals surface area contributed by atoms with Crippen LogP contribution in [-0.4, -0.2) is 8.42 Å². The minimum atomic E-state index is -3.94. The van der Waals surface area contributed by atoms with Crippen molar-refractivity contribution in [3.05, 3.63) is 70.1 Å². The summed E-state index contributed by atoms with van der Waals surface area (Å²) in [6, 6.07) is 12.4. The highest BCUT2D eigenvalue weighted by Gasteiger charge is 2.17. The first-order valence-corrected chi connectivity index (χ1v) is 8.32. The van der Waals surface area contributed by atoms with Crippen molar-refractivity contribution in [3.8, 4) is 5.75 Å². The maximum atomic E-state index is 12.3. The number of rotatable bonds is 3. The lowest BCUT2D eigenvalue weighted by Gasteiger charge is -2.08. The molecular formula is C17H14O5S. The summed E-state index contributed by atoms with van der Waals surface area (Å²) < 4.78 is 34.9. The summed E-state index contributed by atoms with van der Waals surface area (Å²) in [6.45, 7) is 3.58. The molecule has 0 aliphatic heterocycles. The van der Waals surface area contributed by atoms with Crippen LogP contribution in [0.25, 0.3) is 11.0 Å². The van der Waals surface area contributed by atoms with Gasteiger partial charge in [0, 0.05) is 17.5 Å². The third-order valence-electron chi connectivity index (χ3n) is 3.41. The van der Waals surface area contributed by atoms with Crippen LogP contribution < -0.4 is 9.81 Å². The van der Waals surface area contributed by atoms with Gasteiger partial charge in [-0.1, -0.05) is 12.1 Å². The molecule has 0 radical (unpaired) electrons. The topological polar surface area (TPSA) is 73.6 Å². The van der Waals surface area contributed by atoms with E-state index >= 15 is 0 Å². The molecule has 3 aromatic rings. The second-order valence-electron chi connectivity index (χ2n) is 5.26. The zero-order valence-corrected chi connectivity index (χ0v) is 13.4. The fourth-order valence-electron chi connectivity index (χ4n) is 2.30. The molecule has 5 nitrogen and oxygen atoms in total. The first-order valence-electron chi connectivity index (χ1n) is 6.91. The monoisotopic (exact) mass is 330 g/mol. The average molecular weight is 330 g/mol. The molecule has 0 bridgehead atoms. The second-order valence-corrected chi connectivity index (χ2v) is 6.81. The summed E-state index contributed by atoms with van der Waals surface area (Å²) in [5, 5.41) is 0.727. The van der Waals surface area contributed by atoms with Crippen molar-refractivity contribution in [2.75, 3.05) is 0 Å². The molecule has 2 aromatic carbocycles. The van der Waals surface area contributed by atoms with Crippen LogP contribution in [0.15, 0.2) is 62.6 Å². The van der Waals surface area contributed by atoms with Crippen LogP contribution in [0.1, 0.15) is 11.1 Å². The smallest absolute Gasteiger partial charge is 0.339 e. The molecule has 6 heteroatoms. The van der Waals surface area contributed by atoms with Crippen molar-refractivity contribution in [1.29, 1.82) is 0 Å². The van der Waals surface area contributed by atoms with Crippen molar-refractivity contribution in [1.82, 2.24) is 0 Å². The highest BCUT2D eigenvalue weighted by atomic mass is 32.2. The van der Waals surface area contributed by atoms with E-state index in [1.807, 2.05) is 0 Å². The van der Waals surface area contributed by atoms with E-state index in [1.54, 1.807) is 32.0 Å². The van der Waals surface area contributed by atoms with Crippen molar-refractivity contribution >= 4 is 21.1 Å². The van der Waals surface area contributed by atoms with Gasteiger partial charge in [-0.05, 0) is 49.2 Å². The van der Waals surface area contributed by atoms with Crippen LogP contribution in [0.3, 0.4) is 0 Å². The van der Waals surface area contributed by atoms with Gasteiger partial charge in [0.25, 0.3) is 0 Å². The number of hydrogen-bond donors (Lipinski definition) is 0. The molecule has 0 saturated carbocycles. The molecule has 0 spiro atoms. The van der Waals surface area contributed by atoms with Gasteiger partial charge in [-0.25, -0.2) is 4.79 Å². The molecule has 23 heavy (non-hydrogen) atoms. The van der Waals surface area contributed by atoms with Crippen molar-refractivity contribution in [2.24, 2.45) is 0 Å². The molecule has 0 aliphatic carbocycles. The van der Waals surface area contributed by atoms with Gasteiger partial charge in [0.05, 0.1) is 0 Å². The Morgan fingerprint density at radius 1 is 1.00 bits per heavy atom. The molecule has 118 valence electrons. The predicted molar refractivity (Wildman–Crippen MR) is 86.2 cm³/mol. The zero-order valence-electron chi connectivity index (χ0n) is 12.6. The van der Waals surface area contributed by atoms with Gasteiger partial charge in [0.15, 0.2) is 0 Å². The molecular weight excluding hydrogens is 316 g/mol. The van der Waals surface area contributed by atoms with E-state index in [9.17, 15) is 13.2 Å². The molecule has 0 atom stereocenters. The SMILES string of the molecule is Cc1cccc(S(=O)(=O)Oc2ccc3c(C)cc(=O)oc3c2)c1. The van der Waals surface area contributed by atoms with E-state index in [4.69, 9.17) is 8.60 Å². The molecule has 1 heterocycles. The number of aryl methyl sites for hydroxylation is 2. The normalized spacial score (nSPS) is 11.6. The van der Waals surface area contributed by atoms with Crippen LogP contribution in [-0.2, 0) is 10.1 Å². The van der Waals surface area contributed by atoms with Gasteiger partial charge >= 0.3 is 15.7 Å². The van der Waals surface area contributed by atoms with Gasteiger partial charge in [-0.15, -0.1) is 0 Å². The molecule has 0 unspecified atom stereocenters. The van der Waals surface area contributed by atoms with E-state index in [-0.39, 0.29) is 16.2 Å². The number of benzene rings is 2. The highest BCUT2D eigenvalue weighted by molar-refractivity contribution is 7.87. The van der Waals surface area contributed by atoms with E-state index in [1.165, 1.54) is 30.3 Å². The Bertz CT molecular complexity index is 1050. The van der Waals surface area contributed by atoms with E-state index in [0.717, 1.165) is 16.5 Å². The van der Waals surface area contributed by atoms with Gasteiger partial charge in [-0.3, -0.25) is 0 Å². The predicted octanol–water partition coefficient (Wildman–Crippen LogP) is 3.18.